The molecule has 2 amide bonds. The molecule has 1 aromatic carbocycles. The standard InChI is InChI=1S/C16H18N4O3/c1-10-3-5-12(6-4-10)9-20-13(7-8-14(20)21)16(22)17-15-11(2)18-23-19-15/h3-6,13H,7-9H2,1-2H3,(H,17,19,22)/t13-/m1/s1. The normalized spacial score (nSPS) is 17.6. The summed E-state index contributed by atoms with van der Waals surface area (Å²) in [5.41, 5.74) is 2.67. The number of benzene rings is 1. The van der Waals surface area contributed by atoms with Crippen molar-refractivity contribution in [3.05, 3.63) is 41.1 Å². The molecule has 23 heavy (non-hydrogen) atoms. The molecule has 1 aromatic heterocycles. The van der Waals surface area contributed by atoms with Gasteiger partial charge in [0.15, 0.2) is 5.82 Å². The summed E-state index contributed by atoms with van der Waals surface area (Å²) < 4.78 is 4.57. The summed E-state index contributed by atoms with van der Waals surface area (Å²) in [7, 11) is 0. The lowest BCUT2D eigenvalue weighted by Gasteiger charge is -2.23. The summed E-state index contributed by atoms with van der Waals surface area (Å²) in [6.45, 7) is 4.12. The lowest BCUT2D eigenvalue weighted by molar-refractivity contribution is -0.133. The molecule has 0 aliphatic carbocycles. The summed E-state index contributed by atoms with van der Waals surface area (Å²) >= 11 is 0. The second kappa shape index (κ2) is 6.20. The molecular formula is C16H18N4O3. The number of hydrogen-bond donors (Lipinski definition) is 1. The van der Waals surface area contributed by atoms with Gasteiger partial charge in [-0.2, -0.15) is 0 Å². The van der Waals surface area contributed by atoms with Crippen molar-refractivity contribution < 1.29 is 14.2 Å². The van der Waals surface area contributed by atoms with Gasteiger partial charge in [-0.3, -0.25) is 9.59 Å². The molecule has 0 spiro atoms. The Kier molecular flexibility index (Phi) is 4.10. The van der Waals surface area contributed by atoms with E-state index in [0.717, 1.165) is 11.1 Å². The predicted octanol–water partition coefficient (Wildman–Crippen LogP) is 1.82. The molecular weight excluding hydrogens is 296 g/mol. The van der Waals surface area contributed by atoms with E-state index in [-0.39, 0.29) is 11.8 Å². The minimum atomic E-state index is -0.500. The fraction of sp³-hybridized carbons (Fsp3) is 0.375. The third kappa shape index (κ3) is 3.23. The first-order valence-electron chi connectivity index (χ1n) is 7.49. The van der Waals surface area contributed by atoms with Crippen LogP contribution in [0.1, 0.15) is 29.7 Å². The Morgan fingerprint density at radius 3 is 2.70 bits per heavy atom. The quantitative estimate of drug-likeness (QED) is 0.930. The van der Waals surface area contributed by atoms with Gasteiger partial charge in [0.2, 0.25) is 11.8 Å². The van der Waals surface area contributed by atoms with Crippen LogP contribution in [0.3, 0.4) is 0 Å². The van der Waals surface area contributed by atoms with Gasteiger partial charge in [0.05, 0.1) is 0 Å². The van der Waals surface area contributed by atoms with Gasteiger partial charge in [0.1, 0.15) is 11.7 Å². The highest BCUT2D eigenvalue weighted by Gasteiger charge is 2.36. The van der Waals surface area contributed by atoms with E-state index in [1.54, 1.807) is 11.8 Å². The number of amides is 2. The highest BCUT2D eigenvalue weighted by Crippen LogP contribution is 2.23. The molecule has 0 unspecified atom stereocenters. The van der Waals surface area contributed by atoms with Crippen molar-refractivity contribution in [1.82, 2.24) is 15.2 Å². The van der Waals surface area contributed by atoms with E-state index in [1.807, 2.05) is 31.2 Å². The molecule has 7 nitrogen and oxygen atoms in total. The average molecular weight is 314 g/mol. The van der Waals surface area contributed by atoms with Crippen molar-refractivity contribution >= 4 is 17.6 Å². The van der Waals surface area contributed by atoms with E-state index in [9.17, 15) is 9.59 Å². The number of carbonyl (C=O) groups excluding carboxylic acids is 2. The van der Waals surface area contributed by atoms with E-state index in [4.69, 9.17) is 0 Å². The summed E-state index contributed by atoms with van der Waals surface area (Å²) in [5, 5.41) is 9.95. The number of aryl methyl sites for hydroxylation is 2. The fourth-order valence-electron chi connectivity index (χ4n) is 2.64. The van der Waals surface area contributed by atoms with Gasteiger partial charge in [-0.1, -0.05) is 35.0 Å². The zero-order valence-corrected chi connectivity index (χ0v) is 13.1. The molecule has 1 N–H and O–H groups in total. The van der Waals surface area contributed by atoms with Crippen LogP contribution in [-0.4, -0.2) is 33.1 Å². The number of rotatable bonds is 4. The fourth-order valence-corrected chi connectivity index (χ4v) is 2.64. The largest absolute Gasteiger partial charge is 0.326 e. The van der Waals surface area contributed by atoms with Gasteiger partial charge in [-0.25, -0.2) is 4.63 Å². The van der Waals surface area contributed by atoms with E-state index < -0.39 is 6.04 Å². The van der Waals surface area contributed by atoms with Gasteiger partial charge < -0.3 is 10.2 Å². The summed E-state index contributed by atoms with van der Waals surface area (Å²) in [6.07, 6.45) is 0.876. The number of carbonyl (C=O) groups is 2. The zero-order chi connectivity index (χ0) is 16.4. The predicted molar refractivity (Wildman–Crippen MR) is 82.4 cm³/mol. The Morgan fingerprint density at radius 1 is 1.30 bits per heavy atom. The topological polar surface area (TPSA) is 88.3 Å². The van der Waals surface area contributed by atoms with Crippen LogP contribution in [0.25, 0.3) is 0 Å². The number of nitrogens with zero attached hydrogens (tertiary/aromatic N) is 3. The molecule has 2 aromatic rings. The Hall–Kier alpha value is -2.70. The number of likely N-dealkylation sites (tertiary alicyclic amines) is 1. The maximum Gasteiger partial charge on any atom is 0.248 e. The first-order chi connectivity index (χ1) is 11.0. The molecule has 1 fully saturated rings. The Bertz CT molecular complexity index is 723. The van der Waals surface area contributed by atoms with Crippen LogP contribution in [0.2, 0.25) is 0 Å². The highest BCUT2D eigenvalue weighted by atomic mass is 16.6. The molecule has 1 atom stereocenters. The Morgan fingerprint density at radius 2 is 2.04 bits per heavy atom. The van der Waals surface area contributed by atoms with Crippen LogP contribution < -0.4 is 5.32 Å². The Balaban J connectivity index is 1.72. The van der Waals surface area contributed by atoms with Crippen molar-refractivity contribution in [2.75, 3.05) is 5.32 Å². The highest BCUT2D eigenvalue weighted by molar-refractivity contribution is 5.98. The SMILES string of the molecule is Cc1ccc(CN2C(=O)CC[C@@H]2C(=O)Nc2nonc2C)cc1. The van der Waals surface area contributed by atoms with Gasteiger partial charge in [-0.15, -0.1) is 0 Å². The molecule has 2 heterocycles. The molecule has 1 saturated heterocycles. The van der Waals surface area contributed by atoms with Crippen LogP contribution in [-0.2, 0) is 16.1 Å². The minimum absolute atomic E-state index is 0.0132. The molecule has 1 aliphatic rings. The van der Waals surface area contributed by atoms with Crippen molar-refractivity contribution in [2.24, 2.45) is 0 Å². The van der Waals surface area contributed by atoms with E-state index in [1.165, 1.54) is 0 Å². The zero-order valence-electron chi connectivity index (χ0n) is 13.1. The van der Waals surface area contributed by atoms with Crippen LogP contribution >= 0.6 is 0 Å². The van der Waals surface area contributed by atoms with E-state index >= 15 is 0 Å². The number of aromatic nitrogens is 2. The second-order valence-corrected chi connectivity index (χ2v) is 5.75. The first-order valence-corrected chi connectivity index (χ1v) is 7.49. The van der Waals surface area contributed by atoms with Gasteiger partial charge in [0.25, 0.3) is 0 Å². The minimum Gasteiger partial charge on any atom is -0.326 e. The number of nitrogens with one attached hydrogen (secondary N) is 1. The van der Waals surface area contributed by atoms with Crippen LogP contribution in [0.15, 0.2) is 28.9 Å². The van der Waals surface area contributed by atoms with Crippen molar-refractivity contribution in [3.8, 4) is 0 Å². The third-order valence-electron chi connectivity index (χ3n) is 4.00. The molecule has 7 heteroatoms. The van der Waals surface area contributed by atoms with E-state index in [0.29, 0.717) is 30.9 Å². The molecule has 0 bridgehead atoms. The molecule has 0 radical (unpaired) electrons. The summed E-state index contributed by atoms with van der Waals surface area (Å²) in [4.78, 5) is 26.2. The maximum atomic E-state index is 12.5. The van der Waals surface area contributed by atoms with Gasteiger partial charge >= 0.3 is 0 Å². The number of hydrogen-bond acceptors (Lipinski definition) is 5. The maximum absolute atomic E-state index is 12.5. The van der Waals surface area contributed by atoms with E-state index in [2.05, 4.69) is 20.3 Å². The van der Waals surface area contributed by atoms with Crippen LogP contribution in [0, 0.1) is 13.8 Å². The average Bonchev–Trinajstić information content (AvgIpc) is 3.09. The van der Waals surface area contributed by atoms with Gasteiger partial charge in [-0.05, 0) is 31.0 Å². The Labute approximate surface area is 133 Å². The summed E-state index contributed by atoms with van der Waals surface area (Å²) in [5.74, 6) is 0.0205. The van der Waals surface area contributed by atoms with Crippen molar-refractivity contribution in [3.63, 3.8) is 0 Å². The molecule has 120 valence electrons. The second-order valence-electron chi connectivity index (χ2n) is 5.75. The third-order valence-corrected chi connectivity index (χ3v) is 4.00. The molecule has 0 saturated carbocycles. The van der Waals surface area contributed by atoms with Gasteiger partial charge in [0, 0.05) is 13.0 Å². The van der Waals surface area contributed by atoms with Crippen LogP contribution in [0.5, 0.6) is 0 Å². The lowest BCUT2D eigenvalue weighted by atomic mass is 10.1. The van der Waals surface area contributed by atoms with Crippen LogP contribution in [0.4, 0.5) is 5.82 Å². The monoisotopic (exact) mass is 314 g/mol. The summed E-state index contributed by atoms with van der Waals surface area (Å²) in [6, 6.07) is 7.44. The van der Waals surface area contributed by atoms with Crippen molar-refractivity contribution in [1.29, 1.82) is 0 Å². The first kappa shape index (κ1) is 15.2. The van der Waals surface area contributed by atoms with Crippen molar-refractivity contribution in [2.45, 2.75) is 39.3 Å². The molecule has 3 rings (SSSR count). The smallest absolute Gasteiger partial charge is 0.248 e. The lowest BCUT2D eigenvalue weighted by Crippen LogP contribution is -2.41. The number of anilines is 1. The molecule has 1 aliphatic heterocycles.